The highest BCUT2D eigenvalue weighted by Crippen LogP contribution is 2.10. The lowest BCUT2D eigenvalue weighted by Crippen LogP contribution is -2.34. The second-order valence-corrected chi connectivity index (χ2v) is 6.72. The Labute approximate surface area is 118 Å². The molecular weight excluding hydrogens is 282 g/mol. The van der Waals surface area contributed by atoms with Gasteiger partial charge in [0.15, 0.2) is 5.82 Å². The average molecular weight is 301 g/mol. The van der Waals surface area contributed by atoms with Gasteiger partial charge in [0.05, 0.1) is 12.5 Å². The van der Waals surface area contributed by atoms with Crippen LogP contribution in [0.25, 0.3) is 0 Å². The summed E-state index contributed by atoms with van der Waals surface area (Å²) in [6, 6.07) is 0. The van der Waals surface area contributed by atoms with Crippen LogP contribution in [0.2, 0.25) is 0 Å². The van der Waals surface area contributed by atoms with Crippen LogP contribution in [0.1, 0.15) is 25.7 Å². The van der Waals surface area contributed by atoms with E-state index in [9.17, 15) is 13.2 Å². The summed E-state index contributed by atoms with van der Waals surface area (Å²) in [5, 5.41) is 7.42. The summed E-state index contributed by atoms with van der Waals surface area (Å²) in [5.41, 5.74) is 0. The third kappa shape index (κ3) is 4.48. The molecule has 2 heterocycles. The van der Waals surface area contributed by atoms with E-state index in [-0.39, 0.29) is 18.3 Å². The zero-order valence-electron chi connectivity index (χ0n) is 11.4. The number of carbonyl (C=O) groups is 1. The molecule has 0 saturated carbocycles. The first-order valence-corrected chi connectivity index (χ1v) is 8.49. The van der Waals surface area contributed by atoms with Crippen molar-refractivity contribution in [3.63, 3.8) is 0 Å². The fourth-order valence-electron chi connectivity index (χ4n) is 2.17. The maximum Gasteiger partial charge on any atom is 0.244 e. The number of aromatic nitrogens is 3. The normalized spacial score (nSPS) is 16.8. The Balaban J connectivity index is 1.94. The van der Waals surface area contributed by atoms with Crippen LogP contribution in [0.5, 0.6) is 0 Å². The standard InChI is InChI=1S/C11H19N5O3S/c1-20(18,19)13-10-8-16(14-12-10)9-11(17)15-6-4-2-3-5-7-15/h8,13H,2-7,9H2,1H3. The number of carbonyl (C=O) groups excluding carboxylic acids is 1. The first-order valence-electron chi connectivity index (χ1n) is 6.60. The van der Waals surface area contributed by atoms with Crippen LogP contribution in [-0.4, -0.2) is 53.6 Å². The predicted octanol–water partition coefficient (Wildman–Crippen LogP) is 0.0522. The molecule has 0 radical (unpaired) electrons. The van der Waals surface area contributed by atoms with Gasteiger partial charge in [-0.2, -0.15) is 0 Å². The van der Waals surface area contributed by atoms with E-state index in [4.69, 9.17) is 0 Å². The van der Waals surface area contributed by atoms with Crippen molar-refractivity contribution >= 4 is 21.7 Å². The van der Waals surface area contributed by atoms with Crippen molar-refractivity contribution in [3.8, 4) is 0 Å². The Hall–Kier alpha value is -1.64. The van der Waals surface area contributed by atoms with Crippen molar-refractivity contribution in [3.05, 3.63) is 6.20 Å². The zero-order chi connectivity index (χ0) is 14.6. The van der Waals surface area contributed by atoms with E-state index in [0.717, 1.165) is 45.0 Å². The molecule has 1 aliphatic heterocycles. The molecule has 1 N–H and O–H groups in total. The number of nitrogens with one attached hydrogen (secondary N) is 1. The minimum Gasteiger partial charge on any atom is -0.341 e. The lowest BCUT2D eigenvalue weighted by molar-refractivity contribution is -0.132. The Kier molecular flexibility index (Phi) is 4.58. The molecule has 0 unspecified atom stereocenters. The maximum atomic E-state index is 12.1. The van der Waals surface area contributed by atoms with Crippen LogP contribution in [0.4, 0.5) is 5.82 Å². The predicted molar refractivity (Wildman–Crippen MR) is 73.5 cm³/mol. The molecule has 0 aliphatic carbocycles. The lowest BCUT2D eigenvalue weighted by Gasteiger charge is -2.19. The fraction of sp³-hybridized carbons (Fsp3) is 0.727. The quantitative estimate of drug-likeness (QED) is 0.847. The molecule has 0 aromatic carbocycles. The van der Waals surface area contributed by atoms with Crippen molar-refractivity contribution in [1.82, 2.24) is 19.9 Å². The van der Waals surface area contributed by atoms with Gasteiger partial charge in [0.25, 0.3) is 0 Å². The number of likely N-dealkylation sites (tertiary alicyclic amines) is 1. The van der Waals surface area contributed by atoms with Crippen molar-refractivity contribution in [1.29, 1.82) is 0 Å². The summed E-state index contributed by atoms with van der Waals surface area (Å²) >= 11 is 0. The molecule has 1 amide bonds. The molecule has 1 fully saturated rings. The number of hydrogen-bond donors (Lipinski definition) is 1. The Bertz CT molecular complexity index is 560. The molecule has 1 aromatic heterocycles. The fourth-order valence-corrected chi connectivity index (χ4v) is 2.64. The van der Waals surface area contributed by atoms with Gasteiger partial charge in [-0.3, -0.25) is 9.52 Å². The van der Waals surface area contributed by atoms with E-state index in [1.807, 2.05) is 4.90 Å². The molecule has 8 nitrogen and oxygen atoms in total. The van der Waals surface area contributed by atoms with Crippen molar-refractivity contribution in [2.24, 2.45) is 0 Å². The summed E-state index contributed by atoms with van der Waals surface area (Å²) in [6.07, 6.45) is 6.84. The summed E-state index contributed by atoms with van der Waals surface area (Å²) in [7, 11) is -3.38. The molecule has 2 rings (SSSR count). The van der Waals surface area contributed by atoms with Gasteiger partial charge < -0.3 is 4.90 Å². The number of nitrogens with zero attached hydrogens (tertiary/aromatic N) is 4. The number of hydrogen-bond acceptors (Lipinski definition) is 5. The molecule has 112 valence electrons. The minimum absolute atomic E-state index is 0.0114. The third-order valence-corrected chi connectivity index (χ3v) is 3.66. The number of amides is 1. The third-order valence-electron chi connectivity index (χ3n) is 3.08. The smallest absolute Gasteiger partial charge is 0.244 e. The van der Waals surface area contributed by atoms with Crippen LogP contribution < -0.4 is 4.72 Å². The summed E-state index contributed by atoms with van der Waals surface area (Å²) in [6.45, 7) is 1.64. The Morgan fingerprint density at radius 2 is 1.95 bits per heavy atom. The van der Waals surface area contributed by atoms with Gasteiger partial charge in [0.2, 0.25) is 15.9 Å². The van der Waals surface area contributed by atoms with E-state index in [1.54, 1.807) is 0 Å². The van der Waals surface area contributed by atoms with Crippen molar-refractivity contribution < 1.29 is 13.2 Å². The van der Waals surface area contributed by atoms with Crippen LogP contribution >= 0.6 is 0 Å². The van der Waals surface area contributed by atoms with Crippen LogP contribution in [0.15, 0.2) is 6.20 Å². The molecule has 0 bridgehead atoms. The first-order chi connectivity index (χ1) is 9.44. The summed E-state index contributed by atoms with van der Waals surface area (Å²) in [4.78, 5) is 13.9. The summed E-state index contributed by atoms with van der Waals surface area (Å²) in [5.74, 6) is 0.110. The maximum absolute atomic E-state index is 12.1. The number of anilines is 1. The van der Waals surface area contributed by atoms with Crippen molar-refractivity contribution in [2.45, 2.75) is 32.2 Å². The number of rotatable bonds is 4. The SMILES string of the molecule is CS(=O)(=O)Nc1cn(CC(=O)N2CCCCCC2)nn1. The van der Waals surface area contributed by atoms with Gasteiger partial charge in [-0.05, 0) is 12.8 Å². The van der Waals surface area contributed by atoms with Gasteiger partial charge in [0, 0.05) is 13.1 Å². The van der Waals surface area contributed by atoms with Gasteiger partial charge in [-0.1, -0.05) is 18.1 Å². The first kappa shape index (κ1) is 14.8. The monoisotopic (exact) mass is 301 g/mol. The number of sulfonamides is 1. The molecule has 1 aliphatic rings. The highest BCUT2D eigenvalue weighted by molar-refractivity contribution is 7.92. The van der Waals surface area contributed by atoms with Crippen LogP contribution in [0.3, 0.4) is 0 Å². The molecule has 0 atom stereocenters. The molecular formula is C11H19N5O3S. The average Bonchev–Trinajstić information content (AvgIpc) is 2.63. The molecule has 1 aromatic rings. The zero-order valence-corrected chi connectivity index (χ0v) is 12.3. The van der Waals surface area contributed by atoms with E-state index in [2.05, 4.69) is 15.0 Å². The Morgan fingerprint density at radius 1 is 1.30 bits per heavy atom. The Morgan fingerprint density at radius 3 is 2.55 bits per heavy atom. The lowest BCUT2D eigenvalue weighted by atomic mass is 10.2. The second kappa shape index (κ2) is 6.21. The summed E-state index contributed by atoms with van der Waals surface area (Å²) < 4.78 is 25.7. The van der Waals surface area contributed by atoms with E-state index in [0.29, 0.717) is 0 Å². The van der Waals surface area contributed by atoms with Crippen LogP contribution in [0, 0.1) is 0 Å². The molecule has 9 heteroatoms. The largest absolute Gasteiger partial charge is 0.341 e. The molecule has 0 spiro atoms. The topological polar surface area (TPSA) is 97.2 Å². The van der Waals surface area contributed by atoms with Crippen LogP contribution in [-0.2, 0) is 21.4 Å². The molecule has 20 heavy (non-hydrogen) atoms. The van der Waals surface area contributed by atoms with E-state index >= 15 is 0 Å². The van der Waals surface area contributed by atoms with Gasteiger partial charge in [-0.25, -0.2) is 13.1 Å². The minimum atomic E-state index is -3.38. The second-order valence-electron chi connectivity index (χ2n) is 4.97. The van der Waals surface area contributed by atoms with E-state index in [1.165, 1.54) is 10.9 Å². The van der Waals surface area contributed by atoms with E-state index < -0.39 is 10.0 Å². The molecule has 1 saturated heterocycles. The van der Waals surface area contributed by atoms with Gasteiger partial charge in [0.1, 0.15) is 6.54 Å². The van der Waals surface area contributed by atoms with Gasteiger partial charge >= 0.3 is 0 Å². The highest BCUT2D eigenvalue weighted by Gasteiger charge is 2.16. The van der Waals surface area contributed by atoms with Crippen molar-refractivity contribution in [2.75, 3.05) is 24.1 Å². The van der Waals surface area contributed by atoms with Gasteiger partial charge in [-0.15, -0.1) is 5.10 Å². The highest BCUT2D eigenvalue weighted by atomic mass is 32.2.